The number of nitrogens with zero attached hydrogens (tertiary/aromatic N) is 4. The maximum atomic E-state index is 12.8. The van der Waals surface area contributed by atoms with E-state index in [1.165, 1.54) is 22.4 Å². The summed E-state index contributed by atoms with van der Waals surface area (Å²) in [5, 5.41) is 3.40. The molecule has 2 amide bonds. The minimum atomic E-state index is -0.230. The molecular weight excluding hydrogens is 338 g/mol. The third kappa shape index (κ3) is 3.11. The van der Waals surface area contributed by atoms with Crippen molar-refractivity contribution in [3.05, 3.63) is 59.4 Å². The van der Waals surface area contributed by atoms with Crippen LogP contribution in [-0.2, 0) is 11.3 Å². The van der Waals surface area contributed by atoms with Crippen molar-refractivity contribution in [2.75, 3.05) is 11.9 Å². The van der Waals surface area contributed by atoms with Gasteiger partial charge >= 0.3 is 0 Å². The molecule has 1 aliphatic heterocycles. The molecule has 1 aliphatic rings. The molecule has 0 fully saturated rings. The monoisotopic (exact) mass is 351 g/mol. The molecule has 3 heterocycles. The number of thiazole rings is 1. The van der Waals surface area contributed by atoms with Gasteiger partial charge in [0.25, 0.3) is 5.91 Å². The number of para-hydroxylation sites is 1. The SMILES string of the molecule is O=C1CN(C(=O)c2cnc(-c3ncccn3)s2)Cc2ccccc2N1. The third-order valence-corrected chi connectivity index (χ3v) is 4.73. The third-order valence-electron chi connectivity index (χ3n) is 3.75. The fraction of sp³-hybridized carbons (Fsp3) is 0.118. The molecule has 0 saturated carbocycles. The number of fused-ring (bicyclic) bond motifs is 1. The lowest BCUT2D eigenvalue weighted by atomic mass is 10.1. The van der Waals surface area contributed by atoms with Crippen molar-refractivity contribution in [1.82, 2.24) is 19.9 Å². The minimum absolute atomic E-state index is 0.00256. The summed E-state index contributed by atoms with van der Waals surface area (Å²) in [4.78, 5) is 39.4. The second-order valence-electron chi connectivity index (χ2n) is 5.47. The molecule has 4 rings (SSSR count). The molecule has 2 aromatic heterocycles. The van der Waals surface area contributed by atoms with Crippen LogP contribution in [0, 0.1) is 0 Å². The first-order chi connectivity index (χ1) is 12.2. The van der Waals surface area contributed by atoms with Crippen LogP contribution in [0.2, 0.25) is 0 Å². The molecule has 8 heteroatoms. The molecule has 0 spiro atoms. The summed E-state index contributed by atoms with van der Waals surface area (Å²) in [7, 11) is 0. The van der Waals surface area contributed by atoms with Gasteiger partial charge in [0.05, 0.1) is 6.20 Å². The number of rotatable bonds is 2. The predicted molar refractivity (Wildman–Crippen MR) is 93.0 cm³/mol. The zero-order valence-corrected chi connectivity index (χ0v) is 13.9. The van der Waals surface area contributed by atoms with Crippen LogP contribution in [0.25, 0.3) is 10.8 Å². The molecule has 7 nitrogen and oxygen atoms in total. The van der Waals surface area contributed by atoms with Gasteiger partial charge in [-0.1, -0.05) is 18.2 Å². The Kier molecular flexibility index (Phi) is 3.95. The van der Waals surface area contributed by atoms with Crippen molar-refractivity contribution < 1.29 is 9.59 Å². The van der Waals surface area contributed by atoms with Gasteiger partial charge in [-0.2, -0.15) is 0 Å². The van der Waals surface area contributed by atoms with Crippen molar-refractivity contribution in [1.29, 1.82) is 0 Å². The molecule has 0 atom stereocenters. The van der Waals surface area contributed by atoms with Crippen LogP contribution in [0.1, 0.15) is 15.2 Å². The fourth-order valence-corrected chi connectivity index (χ4v) is 3.42. The molecule has 0 radical (unpaired) electrons. The highest BCUT2D eigenvalue weighted by atomic mass is 32.1. The lowest BCUT2D eigenvalue weighted by Gasteiger charge is -2.18. The van der Waals surface area contributed by atoms with E-state index in [0.717, 1.165) is 11.3 Å². The van der Waals surface area contributed by atoms with E-state index in [1.807, 2.05) is 24.3 Å². The van der Waals surface area contributed by atoms with Crippen LogP contribution in [0.3, 0.4) is 0 Å². The van der Waals surface area contributed by atoms with E-state index in [2.05, 4.69) is 20.3 Å². The van der Waals surface area contributed by atoms with Crippen LogP contribution in [-0.4, -0.2) is 38.2 Å². The number of hydrogen-bond acceptors (Lipinski definition) is 6. The maximum Gasteiger partial charge on any atom is 0.266 e. The van der Waals surface area contributed by atoms with Crippen molar-refractivity contribution in [3.8, 4) is 10.8 Å². The van der Waals surface area contributed by atoms with Crippen molar-refractivity contribution >= 4 is 28.8 Å². The maximum absolute atomic E-state index is 12.8. The predicted octanol–water partition coefficient (Wildman–Crippen LogP) is 2.19. The Balaban J connectivity index is 1.61. The van der Waals surface area contributed by atoms with E-state index in [-0.39, 0.29) is 18.4 Å². The number of anilines is 1. The highest BCUT2D eigenvalue weighted by Gasteiger charge is 2.25. The van der Waals surface area contributed by atoms with Crippen LogP contribution < -0.4 is 5.32 Å². The Bertz CT molecular complexity index is 941. The van der Waals surface area contributed by atoms with Crippen molar-refractivity contribution in [3.63, 3.8) is 0 Å². The van der Waals surface area contributed by atoms with E-state index < -0.39 is 0 Å². The average Bonchev–Trinajstić information content (AvgIpc) is 3.06. The Labute approximate surface area is 147 Å². The second kappa shape index (κ2) is 6.40. The Morgan fingerprint density at radius 3 is 2.72 bits per heavy atom. The largest absolute Gasteiger partial charge is 0.324 e. The van der Waals surface area contributed by atoms with E-state index in [1.54, 1.807) is 18.5 Å². The average molecular weight is 351 g/mol. The highest BCUT2D eigenvalue weighted by molar-refractivity contribution is 7.16. The number of carbonyl (C=O) groups is 2. The Morgan fingerprint density at radius 2 is 1.88 bits per heavy atom. The Morgan fingerprint density at radius 1 is 1.08 bits per heavy atom. The molecule has 1 aromatic carbocycles. The van der Waals surface area contributed by atoms with E-state index in [0.29, 0.717) is 22.3 Å². The van der Waals surface area contributed by atoms with Gasteiger partial charge in [0.15, 0.2) is 10.8 Å². The first kappa shape index (κ1) is 15.4. The molecule has 3 aromatic rings. The standard InChI is InChI=1S/C17H13N5O2S/c23-14-10-22(9-11-4-1-2-5-12(11)21-14)17(24)13-8-20-16(25-13)15-18-6-3-7-19-15/h1-8H,9-10H2,(H,21,23). The smallest absolute Gasteiger partial charge is 0.266 e. The summed E-state index contributed by atoms with van der Waals surface area (Å²) in [5.74, 6) is 0.0338. The quantitative estimate of drug-likeness (QED) is 0.765. The van der Waals surface area contributed by atoms with Gasteiger partial charge in [-0.25, -0.2) is 15.0 Å². The molecule has 0 aliphatic carbocycles. The number of aromatic nitrogens is 3. The summed E-state index contributed by atoms with van der Waals surface area (Å²) < 4.78 is 0. The fourth-order valence-electron chi connectivity index (χ4n) is 2.59. The number of nitrogens with one attached hydrogen (secondary N) is 1. The first-order valence-electron chi connectivity index (χ1n) is 7.61. The molecule has 0 unspecified atom stereocenters. The lowest BCUT2D eigenvalue weighted by Crippen LogP contribution is -2.34. The summed E-state index contributed by atoms with van der Waals surface area (Å²) in [5.41, 5.74) is 1.64. The normalized spacial score (nSPS) is 13.8. The summed E-state index contributed by atoms with van der Waals surface area (Å²) in [6, 6.07) is 9.19. The van der Waals surface area contributed by atoms with Crippen LogP contribution in [0.5, 0.6) is 0 Å². The van der Waals surface area contributed by atoms with Crippen LogP contribution in [0.15, 0.2) is 48.9 Å². The van der Waals surface area contributed by atoms with Gasteiger partial charge in [0.1, 0.15) is 11.4 Å². The molecule has 124 valence electrons. The van der Waals surface area contributed by atoms with Crippen LogP contribution >= 0.6 is 11.3 Å². The number of amides is 2. The van der Waals surface area contributed by atoms with Gasteiger partial charge in [-0.3, -0.25) is 9.59 Å². The van der Waals surface area contributed by atoms with E-state index in [4.69, 9.17) is 0 Å². The summed E-state index contributed by atoms with van der Waals surface area (Å²) >= 11 is 1.22. The highest BCUT2D eigenvalue weighted by Crippen LogP contribution is 2.25. The van der Waals surface area contributed by atoms with E-state index in [9.17, 15) is 9.59 Å². The lowest BCUT2D eigenvalue weighted by molar-refractivity contribution is -0.116. The molecule has 0 bridgehead atoms. The van der Waals surface area contributed by atoms with E-state index >= 15 is 0 Å². The minimum Gasteiger partial charge on any atom is -0.324 e. The number of hydrogen-bond donors (Lipinski definition) is 1. The molecule has 25 heavy (non-hydrogen) atoms. The van der Waals surface area contributed by atoms with Crippen molar-refractivity contribution in [2.24, 2.45) is 0 Å². The topological polar surface area (TPSA) is 88.1 Å². The van der Waals surface area contributed by atoms with Gasteiger partial charge in [-0.05, 0) is 17.7 Å². The summed E-state index contributed by atoms with van der Waals surface area (Å²) in [6.07, 6.45) is 4.76. The zero-order valence-electron chi connectivity index (χ0n) is 13.0. The molecular formula is C17H13N5O2S. The molecule has 0 saturated heterocycles. The summed E-state index contributed by atoms with van der Waals surface area (Å²) in [6.45, 7) is 0.366. The number of benzene rings is 1. The Hall–Kier alpha value is -3.13. The van der Waals surface area contributed by atoms with Crippen LogP contribution in [0.4, 0.5) is 5.69 Å². The van der Waals surface area contributed by atoms with Gasteiger partial charge in [0, 0.05) is 24.6 Å². The van der Waals surface area contributed by atoms with Gasteiger partial charge < -0.3 is 10.2 Å². The first-order valence-corrected chi connectivity index (χ1v) is 8.42. The molecule has 1 N–H and O–H groups in total. The van der Waals surface area contributed by atoms with Gasteiger partial charge in [0.2, 0.25) is 5.91 Å². The second-order valence-corrected chi connectivity index (χ2v) is 6.50. The number of carbonyl (C=O) groups excluding carboxylic acids is 2. The zero-order chi connectivity index (χ0) is 17.2. The van der Waals surface area contributed by atoms with Gasteiger partial charge in [-0.15, -0.1) is 11.3 Å². The van der Waals surface area contributed by atoms with Crippen molar-refractivity contribution in [2.45, 2.75) is 6.54 Å².